The third-order valence-corrected chi connectivity index (χ3v) is 11.7. The predicted octanol–water partition coefficient (Wildman–Crippen LogP) is -0.937. The van der Waals surface area contributed by atoms with Crippen molar-refractivity contribution in [2.24, 2.45) is 0 Å². The summed E-state index contributed by atoms with van der Waals surface area (Å²) in [5.41, 5.74) is 34.9. The average Bonchev–Trinajstić information content (AvgIpc) is 4.11. The summed E-state index contributed by atoms with van der Waals surface area (Å²) in [5, 5.41) is 57.6. The summed E-state index contributed by atoms with van der Waals surface area (Å²) in [5.74, 6) is 0.773. The molecule has 9 rings (SSSR count). The van der Waals surface area contributed by atoms with Gasteiger partial charge in [-0.2, -0.15) is 0 Å². The molecule has 0 aromatic carbocycles. The molecular weight excluding hydrogens is 852 g/mol. The van der Waals surface area contributed by atoms with Crippen molar-refractivity contribution in [3.05, 3.63) is 84.2 Å². The zero-order valence-corrected chi connectivity index (χ0v) is 33.8. The quantitative estimate of drug-likeness (QED) is 0.0713. The topological polar surface area (TPSA) is 375 Å². The lowest BCUT2D eigenvalue weighted by Crippen LogP contribution is -2.25. The van der Waals surface area contributed by atoms with E-state index >= 15 is 0 Å². The zero-order valence-electron chi connectivity index (χ0n) is 32.2. The van der Waals surface area contributed by atoms with E-state index in [2.05, 4.69) is 81.8 Å². The first-order valence-electron chi connectivity index (χ1n) is 18.2. The summed E-state index contributed by atoms with van der Waals surface area (Å²) < 4.78 is 15.9. The third kappa shape index (κ3) is 7.54. The molecule has 0 radical (unpaired) electrons. The molecule has 0 spiro atoms. The van der Waals surface area contributed by atoms with Crippen LogP contribution in [0.3, 0.4) is 0 Å². The molecule has 0 bridgehead atoms. The number of hydrogen-bond acceptors (Lipinski definition) is 22. The Hall–Kier alpha value is -6.27. The molecular formula is C36H39ClN16O8S. The number of aromatic nitrogens is 12. The minimum Gasteiger partial charge on any atom is -0.395 e. The number of nitrogens with zero attached hydrogens (tertiary/aromatic N) is 12. The van der Waals surface area contributed by atoms with Crippen LogP contribution in [0.15, 0.2) is 79.0 Å². The Balaban J connectivity index is 0.000000140. The van der Waals surface area contributed by atoms with Gasteiger partial charge in [-0.1, -0.05) is 19.7 Å². The maximum absolute atomic E-state index is 10.1. The summed E-state index contributed by atoms with van der Waals surface area (Å²) in [7, 11) is 0. The maximum Gasteiger partial charge on any atom is 0.207 e. The summed E-state index contributed by atoms with van der Waals surface area (Å²) in [6.45, 7) is 9.84. The molecule has 6 aromatic rings. The minimum atomic E-state index is -1.04. The molecule has 9 heterocycles. The summed E-state index contributed by atoms with van der Waals surface area (Å²) >= 11 is 7.54. The van der Waals surface area contributed by atoms with E-state index in [9.17, 15) is 30.6 Å². The maximum atomic E-state index is 10.1. The number of hydrogen-bond donors (Lipinski definition) is 10. The number of fused-ring (bicyclic) bond motifs is 3. The number of imidazole rings is 3. The number of nitrogen functional groups attached to an aromatic ring is 4. The predicted molar refractivity (Wildman–Crippen MR) is 224 cm³/mol. The molecule has 0 unspecified atom stereocenters. The molecule has 3 aliphatic rings. The van der Waals surface area contributed by atoms with Crippen molar-refractivity contribution in [3.63, 3.8) is 0 Å². The summed E-state index contributed by atoms with van der Waals surface area (Å²) in [4.78, 5) is 36.3. The van der Waals surface area contributed by atoms with Gasteiger partial charge in [-0.15, -0.1) is 29.0 Å². The highest BCUT2D eigenvalue weighted by atomic mass is 35.5. The normalized spacial score (nSPS) is 25.7. The first-order valence-corrected chi connectivity index (χ1v) is 19.5. The van der Waals surface area contributed by atoms with E-state index in [-0.39, 0.29) is 53.3 Å². The smallest absolute Gasteiger partial charge is 0.207 e. The van der Waals surface area contributed by atoms with Gasteiger partial charge in [0.05, 0.1) is 48.6 Å². The van der Waals surface area contributed by atoms with E-state index in [1.165, 1.54) is 39.9 Å². The van der Waals surface area contributed by atoms with Crippen LogP contribution in [0.25, 0.3) is 33.5 Å². The van der Waals surface area contributed by atoms with Gasteiger partial charge in [-0.05, 0) is 11.6 Å². The molecule has 9 atom stereocenters. The van der Waals surface area contributed by atoms with E-state index in [0.717, 1.165) is 0 Å². The largest absolute Gasteiger partial charge is 0.395 e. The Morgan fingerprint density at radius 1 is 0.629 bits per heavy atom. The second kappa shape index (κ2) is 18.0. The van der Waals surface area contributed by atoms with Crippen molar-refractivity contribution in [2.75, 3.05) is 42.8 Å². The Morgan fingerprint density at radius 3 is 1.63 bits per heavy atom. The fourth-order valence-corrected chi connectivity index (χ4v) is 8.54. The van der Waals surface area contributed by atoms with Crippen molar-refractivity contribution in [3.8, 4) is 0 Å². The van der Waals surface area contributed by atoms with Gasteiger partial charge in [0.15, 0.2) is 57.9 Å². The molecule has 14 N–H and O–H groups in total. The molecule has 0 saturated carbocycles. The lowest BCUT2D eigenvalue weighted by molar-refractivity contribution is -0.0421. The molecule has 324 valence electrons. The van der Waals surface area contributed by atoms with E-state index in [4.69, 9.17) is 44.0 Å². The molecule has 3 saturated heterocycles. The number of thioether (sulfide) groups is 1. The van der Waals surface area contributed by atoms with Crippen molar-refractivity contribution in [1.82, 2.24) is 58.6 Å². The van der Waals surface area contributed by atoms with Gasteiger partial charge in [0.1, 0.15) is 54.3 Å². The van der Waals surface area contributed by atoms with Gasteiger partial charge >= 0.3 is 0 Å². The van der Waals surface area contributed by atoms with Gasteiger partial charge in [0.25, 0.3) is 0 Å². The first-order chi connectivity index (χ1) is 29.8. The highest BCUT2D eigenvalue weighted by Crippen LogP contribution is 2.46. The standard InChI is InChI=1S/C12H12ClN5O3.C12H14N6O3.C12H13N5O2S/c1-2-5-8(20)6(3-19)21-11(5)18-10-7(17-12(18)13)9(14)15-4-16-10;1-2-5-8(20)6(3-19)21-11(5)18-10-7(17-12(18)14)9(13)15-4-16-10;1-2-6-9(19)7(3-18)20-12(6)17-5-16-8-10(13)14-4-15-11(8)17/h4,6,8,11,19-20H,1,3H2,(H2,14,15,16);4,6,8,11,19-20H,1,3H2,(H2,14,17)(H2,13,15,16);4-5,7,9,12,18-19H,1,3H2,(H2,13,14,15)/t2*6-,8+,11-;7-,9+,12-/m111/s1. The molecule has 0 amide bonds. The first kappa shape index (κ1) is 43.8. The SMILES string of the molecule is C=C=C1[C@H](n2c(Cl)nc3c(N)ncnc32)O[C@H](CO)[C@H]1O.C=C=C1[C@H](n2c(N)nc3c(N)ncnc32)O[C@H](CO)[C@H]1O.C=C=C1[C@H](n2cnc3c(N)ncnc32)S[C@H](CO)[C@H]1O. The van der Waals surface area contributed by atoms with Crippen LogP contribution in [0.5, 0.6) is 0 Å². The van der Waals surface area contributed by atoms with Gasteiger partial charge < -0.3 is 63.0 Å². The van der Waals surface area contributed by atoms with E-state index in [0.29, 0.717) is 56.0 Å². The highest BCUT2D eigenvalue weighted by molar-refractivity contribution is 8.00. The summed E-state index contributed by atoms with van der Waals surface area (Å²) in [6.07, 6.45) is -0.565. The second-order valence-electron chi connectivity index (χ2n) is 13.4. The van der Waals surface area contributed by atoms with E-state index in [1.807, 2.05) is 0 Å². The van der Waals surface area contributed by atoms with Crippen LogP contribution in [0.1, 0.15) is 17.8 Å². The number of anilines is 4. The number of aliphatic hydroxyl groups is 6. The highest BCUT2D eigenvalue weighted by Gasteiger charge is 2.43. The van der Waals surface area contributed by atoms with Crippen LogP contribution in [0, 0.1) is 0 Å². The van der Waals surface area contributed by atoms with Crippen molar-refractivity contribution in [1.29, 1.82) is 0 Å². The molecule has 24 nitrogen and oxygen atoms in total. The van der Waals surface area contributed by atoms with Crippen LogP contribution in [0.2, 0.25) is 5.28 Å². The minimum absolute atomic E-state index is 0.0701. The molecule has 6 aromatic heterocycles. The van der Waals surface area contributed by atoms with Gasteiger partial charge in [0, 0.05) is 5.57 Å². The van der Waals surface area contributed by atoms with Crippen LogP contribution in [-0.4, -0.2) is 145 Å². The van der Waals surface area contributed by atoms with Crippen molar-refractivity contribution in [2.45, 2.75) is 53.6 Å². The number of halogens is 1. The van der Waals surface area contributed by atoms with Crippen molar-refractivity contribution >= 4 is 80.3 Å². The Bertz CT molecular complexity index is 2690. The summed E-state index contributed by atoms with van der Waals surface area (Å²) in [6, 6.07) is 0. The Labute approximate surface area is 358 Å². The van der Waals surface area contributed by atoms with E-state index in [1.54, 1.807) is 10.9 Å². The lowest BCUT2D eigenvalue weighted by atomic mass is 10.1. The molecule has 3 aliphatic heterocycles. The van der Waals surface area contributed by atoms with Gasteiger partial charge in [0.2, 0.25) is 11.2 Å². The van der Waals surface area contributed by atoms with Crippen LogP contribution in [-0.2, 0) is 9.47 Å². The van der Waals surface area contributed by atoms with Gasteiger partial charge in [-0.25, -0.2) is 44.9 Å². The molecule has 3 fully saturated rings. The number of aliphatic hydroxyl groups excluding tert-OH is 6. The third-order valence-electron chi connectivity index (χ3n) is 9.98. The number of rotatable bonds is 6. The Morgan fingerprint density at radius 2 is 1.11 bits per heavy atom. The number of nitrogens with two attached hydrogens (primary N) is 4. The van der Waals surface area contributed by atoms with Crippen LogP contribution < -0.4 is 22.9 Å². The average molecular weight is 891 g/mol. The molecule has 0 aliphatic carbocycles. The van der Waals surface area contributed by atoms with Crippen LogP contribution in [0.4, 0.5) is 23.4 Å². The molecule has 62 heavy (non-hydrogen) atoms. The second-order valence-corrected chi connectivity index (χ2v) is 15.1. The fraction of sp³-hybridized carbons (Fsp3) is 0.333. The molecule has 26 heteroatoms. The lowest BCUT2D eigenvalue weighted by Gasteiger charge is -2.15. The monoisotopic (exact) mass is 890 g/mol. The Kier molecular flexibility index (Phi) is 12.7. The van der Waals surface area contributed by atoms with Gasteiger partial charge in [-0.3, -0.25) is 13.7 Å². The zero-order chi connectivity index (χ0) is 44.6. The van der Waals surface area contributed by atoms with Crippen LogP contribution >= 0.6 is 23.4 Å². The number of ether oxygens (including phenoxy) is 2. The fourth-order valence-electron chi connectivity index (χ4n) is 6.92. The van der Waals surface area contributed by atoms with Crippen molar-refractivity contribution < 1.29 is 40.1 Å². The van der Waals surface area contributed by atoms with E-state index < -0.39 is 43.0 Å².